The minimum atomic E-state index is -3.10. The third-order valence-electron chi connectivity index (χ3n) is 1.44. The van der Waals surface area contributed by atoms with Crippen LogP contribution in [0.2, 0.25) is 0 Å². The minimum absolute atomic E-state index is 0.0940. The Morgan fingerprint density at radius 3 is 2.64 bits per heavy atom. The molecule has 14 heavy (non-hydrogen) atoms. The van der Waals surface area contributed by atoms with Crippen molar-refractivity contribution in [3.05, 3.63) is 25.6 Å². The van der Waals surface area contributed by atoms with E-state index in [0.717, 1.165) is 0 Å². The molecule has 0 saturated carbocycles. The van der Waals surface area contributed by atoms with Crippen molar-refractivity contribution >= 4 is 28.3 Å². The topological polar surface area (TPSA) is 76.3 Å². The van der Waals surface area contributed by atoms with Gasteiger partial charge in [-0.3, -0.25) is 10.1 Å². The van der Waals surface area contributed by atoms with Gasteiger partial charge in [0.2, 0.25) is 0 Å². The first-order chi connectivity index (χ1) is 6.45. The number of pyridine rings is 1. The Hall–Kier alpha value is -1.06. The molecule has 1 heterocycles. The van der Waals surface area contributed by atoms with Gasteiger partial charge < -0.3 is 5.11 Å². The lowest BCUT2D eigenvalue weighted by atomic mass is 10.2. The van der Waals surface area contributed by atoms with Gasteiger partial charge in [-0.1, -0.05) is 0 Å². The molecule has 1 rings (SSSR count). The lowest BCUT2D eigenvalue weighted by Gasteiger charge is -2.04. The highest BCUT2D eigenvalue weighted by Crippen LogP contribution is 2.37. The van der Waals surface area contributed by atoms with Crippen LogP contribution in [0, 0.1) is 13.8 Å². The normalized spacial score (nSPS) is 10.6. The zero-order valence-electron chi connectivity index (χ0n) is 6.45. The molecule has 1 aromatic rings. The van der Waals surface area contributed by atoms with Crippen LogP contribution in [-0.2, 0) is 0 Å². The zero-order valence-corrected chi connectivity index (χ0v) is 8.60. The number of aromatic hydroxyl groups is 1. The molecule has 0 aliphatic carbocycles. The van der Waals surface area contributed by atoms with E-state index in [0.29, 0.717) is 6.20 Å². The smallest absolute Gasteiger partial charge is 0.300 e. The summed E-state index contributed by atoms with van der Waals surface area (Å²) < 4.78 is 24.6. The van der Waals surface area contributed by atoms with Gasteiger partial charge in [-0.25, -0.2) is 13.8 Å². The van der Waals surface area contributed by atoms with Crippen LogP contribution >= 0.6 is 22.6 Å². The van der Waals surface area contributed by atoms with Crippen LogP contribution in [0.3, 0.4) is 0 Å². The molecule has 0 spiro atoms. The first kappa shape index (κ1) is 11.0. The maximum Gasteiger partial charge on any atom is 0.300 e. The van der Waals surface area contributed by atoms with Gasteiger partial charge in [0.15, 0.2) is 5.75 Å². The van der Waals surface area contributed by atoms with Crippen molar-refractivity contribution < 1.29 is 18.8 Å². The highest BCUT2D eigenvalue weighted by atomic mass is 127. The van der Waals surface area contributed by atoms with E-state index in [9.17, 15) is 18.9 Å². The molecule has 76 valence electrons. The van der Waals surface area contributed by atoms with Crippen LogP contribution in [0.5, 0.6) is 5.75 Å². The van der Waals surface area contributed by atoms with E-state index >= 15 is 0 Å². The fourth-order valence-corrected chi connectivity index (χ4v) is 1.27. The summed E-state index contributed by atoms with van der Waals surface area (Å²) in [5.41, 5.74) is -1.87. The van der Waals surface area contributed by atoms with E-state index < -0.39 is 28.3 Å². The van der Waals surface area contributed by atoms with Crippen molar-refractivity contribution in [2.24, 2.45) is 0 Å². The van der Waals surface area contributed by atoms with Gasteiger partial charge in [0.25, 0.3) is 12.1 Å². The lowest BCUT2D eigenvalue weighted by Crippen LogP contribution is -1.99. The van der Waals surface area contributed by atoms with E-state index in [1.807, 2.05) is 0 Å². The Kier molecular flexibility index (Phi) is 3.13. The van der Waals surface area contributed by atoms with Crippen molar-refractivity contribution in [3.63, 3.8) is 0 Å². The molecule has 5 nitrogen and oxygen atoms in total. The van der Waals surface area contributed by atoms with Gasteiger partial charge in [-0.15, -0.1) is 0 Å². The molecule has 0 unspecified atom stereocenters. The molecular weight excluding hydrogens is 313 g/mol. The summed E-state index contributed by atoms with van der Waals surface area (Å²) in [7, 11) is 0. The SMILES string of the molecule is O=[N+]([O-])c1cnc(I)c(O)c1C(F)F. The van der Waals surface area contributed by atoms with E-state index in [1.54, 1.807) is 0 Å². The Labute approximate surface area is 90.1 Å². The van der Waals surface area contributed by atoms with Gasteiger partial charge in [-0.2, -0.15) is 0 Å². The van der Waals surface area contributed by atoms with Crippen molar-refractivity contribution in [2.75, 3.05) is 0 Å². The number of rotatable bonds is 2. The van der Waals surface area contributed by atoms with Crippen molar-refractivity contribution in [1.82, 2.24) is 4.98 Å². The zero-order chi connectivity index (χ0) is 10.9. The van der Waals surface area contributed by atoms with Crippen molar-refractivity contribution in [3.8, 4) is 5.75 Å². The molecule has 0 aliphatic rings. The minimum Gasteiger partial charge on any atom is -0.505 e. The number of halogens is 3. The van der Waals surface area contributed by atoms with E-state index in [4.69, 9.17) is 5.11 Å². The average molecular weight is 316 g/mol. The van der Waals surface area contributed by atoms with Gasteiger partial charge in [0.05, 0.1) is 4.92 Å². The second-order valence-corrected chi connectivity index (χ2v) is 3.28. The Bertz CT molecular complexity index is 386. The molecule has 0 bridgehead atoms. The average Bonchev–Trinajstić information content (AvgIpc) is 2.08. The number of hydrogen-bond donors (Lipinski definition) is 1. The second kappa shape index (κ2) is 3.98. The van der Waals surface area contributed by atoms with Gasteiger partial charge in [0, 0.05) is 0 Å². The molecular formula is C6H3F2IN2O3. The predicted molar refractivity (Wildman–Crippen MR) is 50.2 cm³/mol. The van der Waals surface area contributed by atoms with Crippen molar-refractivity contribution in [1.29, 1.82) is 0 Å². The molecule has 0 aromatic carbocycles. The highest BCUT2D eigenvalue weighted by Gasteiger charge is 2.27. The summed E-state index contributed by atoms with van der Waals surface area (Å²) in [6, 6.07) is 0. The highest BCUT2D eigenvalue weighted by molar-refractivity contribution is 14.1. The third kappa shape index (κ3) is 1.89. The van der Waals surface area contributed by atoms with Gasteiger partial charge >= 0.3 is 0 Å². The monoisotopic (exact) mass is 316 g/mol. The molecule has 0 amide bonds. The first-order valence-electron chi connectivity index (χ1n) is 3.25. The summed E-state index contributed by atoms with van der Waals surface area (Å²) in [5, 5.41) is 19.5. The third-order valence-corrected chi connectivity index (χ3v) is 2.23. The van der Waals surface area contributed by atoms with E-state index in [-0.39, 0.29) is 3.70 Å². The Morgan fingerprint density at radius 2 is 2.21 bits per heavy atom. The quantitative estimate of drug-likeness (QED) is 0.393. The number of hydrogen-bond acceptors (Lipinski definition) is 4. The molecule has 1 aromatic heterocycles. The summed E-state index contributed by atoms with van der Waals surface area (Å²) >= 11 is 1.51. The first-order valence-corrected chi connectivity index (χ1v) is 4.33. The molecule has 0 aliphatic heterocycles. The number of aromatic nitrogens is 1. The Morgan fingerprint density at radius 1 is 1.64 bits per heavy atom. The van der Waals surface area contributed by atoms with E-state index in [1.165, 1.54) is 22.6 Å². The molecule has 0 radical (unpaired) electrons. The maximum absolute atomic E-state index is 12.3. The van der Waals surface area contributed by atoms with Crippen LogP contribution in [-0.4, -0.2) is 15.0 Å². The second-order valence-electron chi connectivity index (χ2n) is 2.25. The fraction of sp³-hybridized carbons (Fsp3) is 0.167. The number of alkyl halides is 2. The van der Waals surface area contributed by atoms with Gasteiger partial charge in [-0.05, 0) is 22.6 Å². The maximum atomic E-state index is 12.3. The molecule has 1 N–H and O–H groups in total. The van der Waals surface area contributed by atoms with Crippen LogP contribution in [0.15, 0.2) is 6.20 Å². The van der Waals surface area contributed by atoms with Crippen LogP contribution in [0.1, 0.15) is 12.0 Å². The predicted octanol–water partition coefficient (Wildman–Crippen LogP) is 2.24. The summed E-state index contributed by atoms with van der Waals surface area (Å²) in [6.07, 6.45) is -2.41. The molecule has 0 fully saturated rings. The van der Waals surface area contributed by atoms with Crippen molar-refractivity contribution in [2.45, 2.75) is 6.43 Å². The van der Waals surface area contributed by atoms with Gasteiger partial charge in [0.1, 0.15) is 15.5 Å². The molecule has 8 heteroatoms. The lowest BCUT2D eigenvalue weighted by molar-refractivity contribution is -0.386. The standard InChI is InChI=1S/C6H3F2IN2O3/c7-5(8)3-2(11(13)14)1-10-6(9)4(3)12/h1,5,12H. The van der Waals surface area contributed by atoms with Crippen LogP contribution < -0.4 is 0 Å². The molecule has 0 saturated heterocycles. The largest absolute Gasteiger partial charge is 0.505 e. The number of nitrogens with zero attached hydrogens (tertiary/aromatic N) is 2. The molecule has 0 atom stereocenters. The summed E-state index contributed by atoms with van der Waals surface area (Å²) in [5.74, 6) is -0.838. The van der Waals surface area contributed by atoms with Crippen LogP contribution in [0.4, 0.5) is 14.5 Å². The number of nitro groups is 1. The fourth-order valence-electron chi connectivity index (χ4n) is 0.842. The summed E-state index contributed by atoms with van der Waals surface area (Å²) in [4.78, 5) is 12.7. The Balaban J connectivity index is 3.45. The summed E-state index contributed by atoms with van der Waals surface area (Å²) in [6.45, 7) is 0. The van der Waals surface area contributed by atoms with Crippen LogP contribution in [0.25, 0.3) is 0 Å². The van der Waals surface area contributed by atoms with E-state index in [2.05, 4.69) is 4.98 Å².